The van der Waals surface area contributed by atoms with Crippen LogP contribution in [0.1, 0.15) is 17.4 Å². The molecule has 0 aromatic carbocycles. The van der Waals surface area contributed by atoms with Gasteiger partial charge in [0.05, 0.1) is 17.7 Å². The van der Waals surface area contributed by atoms with E-state index in [1.54, 1.807) is 6.92 Å². The molecule has 1 rings (SSSR count). The molecule has 1 aromatic heterocycles. The molecule has 0 atom stereocenters. The molecular formula is C7H11N3O4. The maximum atomic E-state index is 11.0. The molecule has 0 bridgehead atoms. The number of nitrogens with one attached hydrogen (secondary N) is 1. The van der Waals surface area contributed by atoms with Crippen molar-refractivity contribution in [3.8, 4) is 0 Å². The third kappa shape index (κ3) is 2.56. The number of nitrogens with zero attached hydrogens (tertiary/aromatic N) is 1. The fraction of sp³-hybridized carbons (Fsp3) is 0.286. The van der Waals surface area contributed by atoms with Gasteiger partial charge in [-0.05, 0) is 6.92 Å². The summed E-state index contributed by atoms with van der Waals surface area (Å²) in [4.78, 5) is 23.1. The average molecular weight is 201 g/mol. The molecule has 0 radical (unpaired) electrons. The van der Waals surface area contributed by atoms with Gasteiger partial charge in [-0.3, -0.25) is 10.1 Å². The number of esters is 1. The van der Waals surface area contributed by atoms with E-state index in [9.17, 15) is 14.9 Å². The first-order valence-corrected chi connectivity index (χ1v) is 3.65. The molecule has 4 N–H and O–H groups in total. The largest absolute Gasteiger partial charge is 0.461 e. The van der Waals surface area contributed by atoms with Gasteiger partial charge in [0.25, 0.3) is 5.69 Å². The second kappa shape index (κ2) is 4.97. The molecule has 0 saturated heterocycles. The smallest absolute Gasteiger partial charge is 0.354 e. The molecule has 7 nitrogen and oxygen atoms in total. The van der Waals surface area contributed by atoms with Crippen molar-refractivity contribution in [2.24, 2.45) is 0 Å². The van der Waals surface area contributed by atoms with E-state index in [4.69, 9.17) is 0 Å². The highest BCUT2D eigenvalue weighted by Crippen LogP contribution is 2.12. The number of aromatic amines is 1. The van der Waals surface area contributed by atoms with Gasteiger partial charge < -0.3 is 15.9 Å². The highest BCUT2D eigenvalue weighted by Gasteiger charge is 2.14. The van der Waals surface area contributed by atoms with Crippen LogP contribution in [0.25, 0.3) is 0 Å². The van der Waals surface area contributed by atoms with Crippen molar-refractivity contribution in [3.05, 3.63) is 28.1 Å². The highest BCUT2D eigenvalue weighted by molar-refractivity contribution is 5.88. The maximum Gasteiger partial charge on any atom is 0.354 e. The standard InChI is InChI=1S/C7H8N2O4.H3N/c1-2-13-7(10)6-3-5(4-8-6)9(11)12;/h3-4,8H,2H2,1H3;1H3. The lowest BCUT2D eigenvalue weighted by atomic mass is 10.4. The molecule has 0 aliphatic carbocycles. The van der Waals surface area contributed by atoms with Gasteiger partial charge in [0, 0.05) is 6.07 Å². The molecule has 0 fully saturated rings. The molecule has 0 aliphatic heterocycles. The van der Waals surface area contributed by atoms with Gasteiger partial charge in [0.15, 0.2) is 0 Å². The number of carbonyl (C=O) groups is 1. The van der Waals surface area contributed by atoms with Crippen LogP contribution in [0.5, 0.6) is 0 Å². The van der Waals surface area contributed by atoms with Crippen molar-refractivity contribution >= 4 is 11.7 Å². The Kier molecular flexibility index (Phi) is 4.30. The summed E-state index contributed by atoms with van der Waals surface area (Å²) in [5.74, 6) is -0.587. The summed E-state index contributed by atoms with van der Waals surface area (Å²) in [5, 5.41) is 10.2. The fourth-order valence-electron chi connectivity index (χ4n) is 0.815. The summed E-state index contributed by atoms with van der Waals surface area (Å²) in [6.07, 6.45) is 1.15. The molecule has 0 unspecified atom stereocenters. The van der Waals surface area contributed by atoms with Gasteiger partial charge in [-0.15, -0.1) is 0 Å². The minimum absolute atomic E-state index is 0. The lowest BCUT2D eigenvalue weighted by molar-refractivity contribution is -0.384. The van der Waals surface area contributed by atoms with Crippen molar-refractivity contribution in [2.45, 2.75) is 6.92 Å². The summed E-state index contributed by atoms with van der Waals surface area (Å²) in [6.45, 7) is 1.90. The fourth-order valence-corrected chi connectivity index (χ4v) is 0.815. The predicted octanol–water partition coefficient (Wildman–Crippen LogP) is 1.26. The molecule has 1 heterocycles. The van der Waals surface area contributed by atoms with E-state index in [-0.39, 0.29) is 24.1 Å². The zero-order valence-electron chi connectivity index (χ0n) is 7.65. The lowest BCUT2D eigenvalue weighted by Crippen LogP contribution is -2.04. The molecule has 0 aliphatic rings. The Morgan fingerprint density at radius 1 is 1.71 bits per heavy atom. The van der Waals surface area contributed by atoms with Crippen LogP contribution < -0.4 is 6.15 Å². The van der Waals surface area contributed by atoms with Crippen LogP contribution in [-0.2, 0) is 4.74 Å². The van der Waals surface area contributed by atoms with Crippen LogP contribution >= 0.6 is 0 Å². The predicted molar refractivity (Wildman–Crippen MR) is 48.4 cm³/mol. The third-order valence-electron chi connectivity index (χ3n) is 1.37. The number of hydrogen-bond acceptors (Lipinski definition) is 5. The van der Waals surface area contributed by atoms with E-state index < -0.39 is 10.9 Å². The number of rotatable bonds is 3. The molecule has 78 valence electrons. The summed E-state index contributed by atoms with van der Waals surface area (Å²) in [5.41, 5.74) is -0.0587. The Morgan fingerprint density at radius 3 is 2.79 bits per heavy atom. The van der Waals surface area contributed by atoms with Crippen LogP contribution in [0.15, 0.2) is 12.3 Å². The first kappa shape index (κ1) is 12.1. The Labute approximate surface area is 79.8 Å². The van der Waals surface area contributed by atoms with Gasteiger partial charge in [0.2, 0.25) is 0 Å². The van der Waals surface area contributed by atoms with Crippen LogP contribution in [0, 0.1) is 10.1 Å². The highest BCUT2D eigenvalue weighted by atomic mass is 16.6. The Bertz CT molecular complexity index is 333. The van der Waals surface area contributed by atoms with E-state index >= 15 is 0 Å². The molecule has 14 heavy (non-hydrogen) atoms. The number of H-pyrrole nitrogens is 1. The molecule has 0 spiro atoms. The third-order valence-corrected chi connectivity index (χ3v) is 1.37. The van der Waals surface area contributed by atoms with Crippen LogP contribution in [0.2, 0.25) is 0 Å². The van der Waals surface area contributed by atoms with Crippen LogP contribution in [0.3, 0.4) is 0 Å². The molecule has 7 heteroatoms. The lowest BCUT2D eigenvalue weighted by Gasteiger charge is -1.96. The monoisotopic (exact) mass is 201 g/mol. The van der Waals surface area contributed by atoms with E-state index in [2.05, 4.69) is 9.72 Å². The van der Waals surface area contributed by atoms with E-state index in [1.165, 1.54) is 0 Å². The number of carbonyl (C=O) groups excluding carboxylic acids is 1. The van der Waals surface area contributed by atoms with Crippen molar-refractivity contribution in [2.75, 3.05) is 6.61 Å². The van der Waals surface area contributed by atoms with Gasteiger partial charge in [-0.2, -0.15) is 0 Å². The van der Waals surface area contributed by atoms with Gasteiger partial charge in [0.1, 0.15) is 5.69 Å². The Balaban J connectivity index is 0.00000169. The average Bonchev–Trinajstić information content (AvgIpc) is 2.52. The number of ether oxygens (including phenoxy) is 1. The van der Waals surface area contributed by atoms with Gasteiger partial charge in [-0.25, -0.2) is 4.79 Å². The summed E-state index contributed by atoms with van der Waals surface area (Å²) in [7, 11) is 0. The second-order valence-corrected chi connectivity index (χ2v) is 2.25. The van der Waals surface area contributed by atoms with Crippen molar-refractivity contribution < 1.29 is 14.5 Å². The maximum absolute atomic E-state index is 11.0. The van der Waals surface area contributed by atoms with E-state index in [0.717, 1.165) is 12.3 Å². The zero-order chi connectivity index (χ0) is 9.84. The zero-order valence-corrected chi connectivity index (χ0v) is 7.65. The van der Waals surface area contributed by atoms with Gasteiger partial charge in [-0.1, -0.05) is 0 Å². The normalized spacial score (nSPS) is 8.93. The first-order chi connectivity index (χ1) is 6.15. The Morgan fingerprint density at radius 2 is 2.36 bits per heavy atom. The number of nitro groups is 1. The minimum Gasteiger partial charge on any atom is -0.461 e. The molecule has 0 amide bonds. The summed E-state index contributed by atoms with van der Waals surface area (Å²) < 4.78 is 4.63. The van der Waals surface area contributed by atoms with Crippen LogP contribution in [0.4, 0.5) is 5.69 Å². The summed E-state index contributed by atoms with van der Waals surface area (Å²) >= 11 is 0. The van der Waals surface area contributed by atoms with Crippen molar-refractivity contribution in [1.29, 1.82) is 0 Å². The molecule has 0 saturated carbocycles. The van der Waals surface area contributed by atoms with Crippen LogP contribution in [-0.4, -0.2) is 22.5 Å². The number of hydrogen-bond donors (Lipinski definition) is 2. The SMILES string of the molecule is CCOC(=O)c1cc([N+](=O)[O-])c[nH]1.N. The van der Waals surface area contributed by atoms with Crippen molar-refractivity contribution in [3.63, 3.8) is 0 Å². The first-order valence-electron chi connectivity index (χ1n) is 3.65. The molecular weight excluding hydrogens is 190 g/mol. The van der Waals surface area contributed by atoms with E-state index in [0.29, 0.717) is 0 Å². The van der Waals surface area contributed by atoms with Crippen molar-refractivity contribution in [1.82, 2.24) is 11.1 Å². The topological polar surface area (TPSA) is 120 Å². The van der Waals surface area contributed by atoms with E-state index in [1.807, 2.05) is 0 Å². The Hall–Kier alpha value is -1.89. The molecule has 1 aromatic rings. The number of aromatic nitrogens is 1. The second-order valence-electron chi connectivity index (χ2n) is 2.25. The van der Waals surface area contributed by atoms with Gasteiger partial charge >= 0.3 is 5.97 Å². The minimum atomic E-state index is -0.587. The quantitative estimate of drug-likeness (QED) is 0.433. The summed E-state index contributed by atoms with van der Waals surface area (Å²) in [6, 6.07) is 1.14.